The highest BCUT2D eigenvalue weighted by molar-refractivity contribution is 6.30. The Bertz CT molecular complexity index is 1020. The number of hydrogen-bond donors (Lipinski definition) is 2. The number of halogens is 1. The van der Waals surface area contributed by atoms with E-state index in [9.17, 15) is 14.4 Å². The van der Waals surface area contributed by atoms with Gasteiger partial charge in [0.05, 0.1) is 5.69 Å². The summed E-state index contributed by atoms with van der Waals surface area (Å²) in [6, 6.07) is 12.2. The van der Waals surface area contributed by atoms with Crippen molar-refractivity contribution in [2.45, 2.75) is 32.3 Å². The molecule has 4 rings (SSSR count). The van der Waals surface area contributed by atoms with Crippen LogP contribution < -0.4 is 15.4 Å². The number of likely N-dealkylation sites (tertiary alicyclic amines) is 1. The fraction of sp³-hybridized carbons (Fsp3) is 0.375. The maximum atomic E-state index is 13.0. The number of ether oxygens (including phenoxy) is 1. The second-order valence-corrected chi connectivity index (χ2v) is 8.68. The number of nitrogens with one attached hydrogen (secondary N) is 2. The molecule has 32 heavy (non-hydrogen) atoms. The zero-order valence-corrected chi connectivity index (χ0v) is 18.7. The number of benzene rings is 2. The summed E-state index contributed by atoms with van der Waals surface area (Å²) in [5, 5.41) is 6.29. The molecule has 1 saturated heterocycles. The number of nitrogens with zero attached hydrogens (tertiary/aromatic N) is 1. The average Bonchev–Trinajstić information content (AvgIpc) is 2.79. The van der Waals surface area contributed by atoms with Crippen molar-refractivity contribution < 1.29 is 19.1 Å². The van der Waals surface area contributed by atoms with E-state index >= 15 is 0 Å². The van der Waals surface area contributed by atoms with Crippen molar-refractivity contribution in [1.82, 2.24) is 4.90 Å². The topological polar surface area (TPSA) is 87.7 Å². The predicted octanol–water partition coefficient (Wildman–Crippen LogP) is 3.98. The molecule has 2 N–H and O–H groups in total. The fourth-order valence-electron chi connectivity index (χ4n) is 4.03. The lowest BCUT2D eigenvalue weighted by Gasteiger charge is -2.31. The molecule has 8 heteroatoms. The van der Waals surface area contributed by atoms with Gasteiger partial charge in [-0.15, -0.1) is 0 Å². The molecule has 7 nitrogen and oxygen atoms in total. The van der Waals surface area contributed by atoms with Gasteiger partial charge >= 0.3 is 0 Å². The molecule has 0 aliphatic carbocycles. The van der Waals surface area contributed by atoms with E-state index in [0.29, 0.717) is 35.0 Å². The average molecular weight is 456 g/mol. The van der Waals surface area contributed by atoms with Crippen molar-refractivity contribution in [2.24, 2.45) is 5.92 Å². The summed E-state index contributed by atoms with van der Waals surface area (Å²) in [6.07, 6.45) is 1.34. The summed E-state index contributed by atoms with van der Waals surface area (Å²) in [5.41, 5.74) is 1.86. The van der Waals surface area contributed by atoms with Gasteiger partial charge in [-0.05, 0) is 75.3 Å². The van der Waals surface area contributed by atoms with Crippen molar-refractivity contribution in [1.29, 1.82) is 0 Å². The van der Waals surface area contributed by atoms with E-state index in [-0.39, 0.29) is 23.5 Å². The van der Waals surface area contributed by atoms with Gasteiger partial charge in [-0.2, -0.15) is 0 Å². The minimum Gasteiger partial charge on any atom is -0.479 e. The molecule has 1 unspecified atom stereocenters. The van der Waals surface area contributed by atoms with Crippen LogP contribution in [0.4, 0.5) is 11.4 Å². The van der Waals surface area contributed by atoms with Crippen LogP contribution in [0.2, 0.25) is 5.02 Å². The van der Waals surface area contributed by atoms with Gasteiger partial charge in [0.1, 0.15) is 5.75 Å². The zero-order valence-electron chi connectivity index (χ0n) is 17.9. The van der Waals surface area contributed by atoms with Crippen LogP contribution in [0.25, 0.3) is 0 Å². The number of hydrogen-bond acceptors (Lipinski definition) is 5. The Hall–Kier alpha value is -2.90. The molecule has 0 aromatic heterocycles. The van der Waals surface area contributed by atoms with Gasteiger partial charge in [-0.3, -0.25) is 14.4 Å². The highest BCUT2D eigenvalue weighted by atomic mass is 35.5. The molecule has 0 radical (unpaired) electrons. The van der Waals surface area contributed by atoms with E-state index in [1.54, 1.807) is 49.4 Å². The molecule has 2 heterocycles. The fourth-order valence-corrected chi connectivity index (χ4v) is 4.16. The van der Waals surface area contributed by atoms with Gasteiger partial charge in [0.15, 0.2) is 11.9 Å². The molecule has 2 aliphatic heterocycles. The maximum Gasteiger partial charge on any atom is 0.265 e. The Morgan fingerprint density at radius 1 is 1.16 bits per heavy atom. The molecular formula is C24H26ClN3O4. The van der Waals surface area contributed by atoms with Crippen LogP contribution in [-0.4, -0.2) is 48.2 Å². The number of fused-ring (bicyclic) bond motifs is 1. The van der Waals surface area contributed by atoms with Crippen LogP contribution in [0.15, 0.2) is 42.5 Å². The Morgan fingerprint density at radius 2 is 1.88 bits per heavy atom. The summed E-state index contributed by atoms with van der Waals surface area (Å²) in [4.78, 5) is 39.2. The van der Waals surface area contributed by atoms with Crippen LogP contribution >= 0.6 is 11.6 Å². The van der Waals surface area contributed by atoms with E-state index in [1.807, 2.05) is 0 Å². The Balaban J connectivity index is 1.25. The molecular weight excluding hydrogens is 430 g/mol. The van der Waals surface area contributed by atoms with Crippen LogP contribution in [0.3, 0.4) is 0 Å². The number of amides is 2. The summed E-state index contributed by atoms with van der Waals surface area (Å²) in [6.45, 7) is 3.88. The molecule has 0 saturated carbocycles. The van der Waals surface area contributed by atoms with Crippen molar-refractivity contribution in [3.05, 3.63) is 53.1 Å². The monoisotopic (exact) mass is 455 g/mol. The number of anilines is 2. The SMILES string of the molecule is CC1Oc2ccc(C(=O)C3CCN(CCC(=O)Nc4ccc(Cl)cc4)CC3)cc2NC1=O. The highest BCUT2D eigenvalue weighted by Crippen LogP contribution is 2.32. The van der Waals surface area contributed by atoms with Gasteiger partial charge in [-0.25, -0.2) is 0 Å². The quantitative estimate of drug-likeness (QED) is 0.643. The second-order valence-electron chi connectivity index (χ2n) is 8.25. The van der Waals surface area contributed by atoms with Crippen LogP contribution in [0, 0.1) is 5.92 Å². The normalized spacial score (nSPS) is 18.9. The largest absolute Gasteiger partial charge is 0.479 e. The van der Waals surface area contributed by atoms with Crippen molar-refractivity contribution >= 4 is 40.6 Å². The lowest BCUT2D eigenvalue weighted by Crippen LogP contribution is -2.38. The smallest absolute Gasteiger partial charge is 0.265 e. The molecule has 2 amide bonds. The zero-order chi connectivity index (χ0) is 22.7. The van der Waals surface area contributed by atoms with Gasteiger partial charge < -0.3 is 20.3 Å². The Labute approximate surface area is 192 Å². The predicted molar refractivity (Wildman–Crippen MR) is 123 cm³/mol. The number of rotatable bonds is 6. The maximum absolute atomic E-state index is 13.0. The third-order valence-corrected chi connectivity index (χ3v) is 6.19. The highest BCUT2D eigenvalue weighted by Gasteiger charge is 2.28. The van der Waals surface area contributed by atoms with Gasteiger partial charge in [0, 0.05) is 35.2 Å². The summed E-state index contributed by atoms with van der Waals surface area (Å²) in [7, 11) is 0. The van der Waals surface area contributed by atoms with Gasteiger partial charge in [0.25, 0.3) is 5.91 Å². The first-order chi connectivity index (χ1) is 15.4. The molecule has 2 aliphatic rings. The van der Waals surface area contributed by atoms with Crippen molar-refractivity contribution in [3.63, 3.8) is 0 Å². The molecule has 2 aromatic rings. The molecule has 2 aromatic carbocycles. The molecule has 168 valence electrons. The Kier molecular flexibility index (Phi) is 6.77. The Morgan fingerprint density at radius 3 is 2.59 bits per heavy atom. The van der Waals surface area contributed by atoms with Crippen molar-refractivity contribution in [3.8, 4) is 5.75 Å². The summed E-state index contributed by atoms with van der Waals surface area (Å²) >= 11 is 5.86. The number of carbonyl (C=O) groups is 3. The molecule has 1 atom stereocenters. The van der Waals surface area contributed by atoms with E-state index in [0.717, 1.165) is 31.6 Å². The van der Waals surface area contributed by atoms with E-state index in [1.165, 1.54) is 0 Å². The standard InChI is InChI=1S/C24H26ClN3O4/c1-15-24(31)27-20-14-17(2-7-21(20)32-15)23(30)16-8-11-28(12-9-16)13-10-22(29)26-19-5-3-18(25)4-6-19/h2-7,14-16H,8-13H2,1H3,(H,26,29)(H,27,31). The first-order valence-corrected chi connectivity index (χ1v) is 11.2. The number of carbonyl (C=O) groups excluding carboxylic acids is 3. The van der Waals surface area contributed by atoms with Gasteiger partial charge in [-0.1, -0.05) is 11.6 Å². The number of Topliss-reactive ketones (excluding diaryl/α,β-unsaturated/α-hetero) is 1. The van der Waals surface area contributed by atoms with E-state index in [4.69, 9.17) is 16.3 Å². The van der Waals surface area contributed by atoms with Crippen LogP contribution in [0.5, 0.6) is 5.75 Å². The summed E-state index contributed by atoms with van der Waals surface area (Å²) in [5.74, 6) is 0.348. The van der Waals surface area contributed by atoms with Gasteiger partial charge in [0.2, 0.25) is 5.91 Å². The minimum atomic E-state index is -0.540. The molecule has 1 fully saturated rings. The second kappa shape index (κ2) is 9.71. The summed E-state index contributed by atoms with van der Waals surface area (Å²) < 4.78 is 5.56. The first-order valence-electron chi connectivity index (χ1n) is 10.8. The lowest BCUT2D eigenvalue weighted by atomic mass is 9.88. The lowest BCUT2D eigenvalue weighted by molar-refractivity contribution is -0.122. The molecule has 0 bridgehead atoms. The van der Waals surface area contributed by atoms with Crippen molar-refractivity contribution in [2.75, 3.05) is 30.3 Å². The van der Waals surface area contributed by atoms with E-state index < -0.39 is 6.10 Å². The first kappa shape index (κ1) is 22.3. The number of piperidine rings is 1. The third kappa shape index (κ3) is 5.29. The third-order valence-electron chi connectivity index (χ3n) is 5.94. The minimum absolute atomic E-state index is 0.0434. The van der Waals surface area contributed by atoms with Crippen LogP contribution in [-0.2, 0) is 9.59 Å². The number of ketones is 1. The van der Waals surface area contributed by atoms with Crippen LogP contribution in [0.1, 0.15) is 36.5 Å². The van der Waals surface area contributed by atoms with E-state index in [2.05, 4.69) is 15.5 Å². The molecule has 0 spiro atoms.